The highest BCUT2D eigenvalue weighted by Crippen LogP contribution is 2.21. The minimum atomic E-state index is -4.82. The second kappa shape index (κ2) is 2.62. The number of nitrogens with zero attached hydrogens (tertiary/aromatic N) is 1. The van der Waals surface area contributed by atoms with E-state index >= 15 is 0 Å². The van der Waals surface area contributed by atoms with Crippen molar-refractivity contribution in [2.45, 2.75) is 13.1 Å². The molecule has 0 bridgehead atoms. The molecular weight excluding hydrogens is 173 g/mol. The van der Waals surface area contributed by atoms with Crippen LogP contribution in [-0.2, 0) is 0 Å². The Bertz CT molecular complexity index is 302. The number of H-pyrrole nitrogens is 1. The molecule has 1 heterocycles. The number of hydrogen-bond donors (Lipinski definition) is 1. The molecule has 0 aliphatic rings. The summed E-state index contributed by atoms with van der Waals surface area (Å²) in [6.07, 6.45) is -3.96. The number of carbonyl (C=O) groups is 1. The SMILES string of the molecule is Cc1[nH]ncc1C(=O)C(F)(F)F. The van der Waals surface area contributed by atoms with Gasteiger partial charge in [0.2, 0.25) is 0 Å². The minimum Gasteiger partial charge on any atom is -0.284 e. The van der Waals surface area contributed by atoms with Gasteiger partial charge in [-0.05, 0) is 6.92 Å². The number of aromatic nitrogens is 2. The molecule has 12 heavy (non-hydrogen) atoms. The van der Waals surface area contributed by atoms with Gasteiger partial charge in [-0.2, -0.15) is 18.3 Å². The smallest absolute Gasteiger partial charge is 0.284 e. The van der Waals surface area contributed by atoms with Gasteiger partial charge < -0.3 is 0 Å². The van der Waals surface area contributed by atoms with Crippen molar-refractivity contribution in [2.24, 2.45) is 0 Å². The topological polar surface area (TPSA) is 45.8 Å². The summed E-state index contributed by atoms with van der Waals surface area (Å²) in [7, 11) is 0. The normalized spacial score (nSPS) is 11.7. The summed E-state index contributed by atoms with van der Waals surface area (Å²) in [5.74, 6) is -1.87. The Labute approximate surface area is 65.6 Å². The van der Waals surface area contributed by atoms with Crippen LogP contribution in [0.15, 0.2) is 6.20 Å². The van der Waals surface area contributed by atoms with Gasteiger partial charge in [-0.25, -0.2) is 0 Å². The molecule has 0 aliphatic carbocycles. The number of aryl methyl sites for hydroxylation is 1. The second-order valence-corrected chi connectivity index (χ2v) is 2.24. The monoisotopic (exact) mass is 178 g/mol. The van der Waals surface area contributed by atoms with E-state index in [0.29, 0.717) is 0 Å². The molecule has 0 saturated carbocycles. The third-order valence-electron chi connectivity index (χ3n) is 1.33. The van der Waals surface area contributed by atoms with Crippen LogP contribution < -0.4 is 0 Å². The molecule has 0 fully saturated rings. The molecule has 1 aromatic rings. The summed E-state index contributed by atoms with van der Waals surface area (Å²) >= 11 is 0. The molecule has 1 rings (SSSR count). The quantitative estimate of drug-likeness (QED) is 0.661. The fraction of sp³-hybridized carbons (Fsp3) is 0.333. The molecule has 0 amide bonds. The predicted molar refractivity (Wildman–Crippen MR) is 33.7 cm³/mol. The number of ketones is 1. The lowest BCUT2D eigenvalue weighted by Crippen LogP contribution is -2.22. The van der Waals surface area contributed by atoms with Crippen LogP contribution in [0.25, 0.3) is 0 Å². The van der Waals surface area contributed by atoms with Gasteiger partial charge in [-0.1, -0.05) is 0 Å². The molecule has 3 nitrogen and oxygen atoms in total. The van der Waals surface area contributed by atoms with E-state index in [0.717, 1.165) is 6.20 Å². The Morgan fingerprint density at radius 1 is 1.58 bits per heavy atom. The zero-order valence-corrected chi connectivity index (χ0v) is 6.07. The van der Waals surface area contributed by atoms with Crippen LogP contribution in [0.1, 0.15) is 16.1 Å². The number of aromatic amines is 1. The van der Waals surface area contributed by atoms with E-state index in [-0.39, 0.29) is 5.69 Å². The Balaban J connectivity index is 3.01. The molecule has 66 valence electrons. The number of alkyl halides is 3. The number of halogens is 3. The van der Waals surface area contributed by atoms with E-state index in [1.807, 2.05) is 0 Å². The Kier molecular flexibility index (Phi) is 1.91. The lowest BCUT2D eigenvalue weighted by molar-refractivity contribution is -0.0885. The maximum Gasteiger partial charge on any atom is 0.454 e. The Hall–Kier alpha value is -1.33. The highest BCUT2D eigenvalue weighted by molar-refractivity contribution is 6.00. The standard InChI is InChI=1S/C6H5F3N2O/c1-3-4(2-10-11-3)5(12)6(7,8)9/h2H,1H3,(H,10,11). The van der Waals surface area contributed by atoms with Crippen LogP contribution in [0.2, 0.25) is 0 Å². The first-order chi connectivity index (χ1) is 5.43. The number of hydrogen-bond acceptors (Lipinski definition) is 2. The molecule has 1 N–H and O–H groups in total. The molecule has 6 heteroatoms. The molecule has 0 aliphatic heterocycles. The molecule has 0 saturated heterocycles. The van der Waals surface area contributed by atoms with Crippen LogP contribution >= 0.6 is 0 Å². The lowest BCUT2D eigenvalue weighted by atomic mass is 10.2. The average molecular weight is 178 g/mol. The fourth-order valence-electron chi connectivity index (χ4n) is 0.732. The van der Waals surface area contributed by atoms with E-state index in [9.17, 15) is 18.0 Å². The van der Waals surface area contributed by atoms with Gasteiger partial charge in [0.1, 0.15) is 0 Å². The van der Waals surface area contributed by atoms with Gasteiger partial charge in [-0.15, -0.1) is 0 Å². The van der Waals surface area contributed by atoms with Crippen molar-refractivity contribution in [3.8, 4) is 0 Å². The summed E-state index contributed by atoms with van der Waals surface area (Å²) in [5.41, 5.74) is -0.306. The largest absolute Gasteiger partial charge is 0.454 e. The number of rotatable bonds is 1. The Morgan fingerprint density at radius 3 is 2.50 bits per heavy atom. The molecular formula is C6H5F3N2O. The molecule has 0 atom stereocenters. The first-order valence-corrected chi connectivity index (χ1v) is 3.04. The van der Waals surface area contributed by atoms with E-state index in [1.165, 1.54) is 6.92 Å². The number of nitrogens with one attached hydrogen (secondary N) is 1. The molecule has 1 aromatic heterocycles. The second-order valence-electron chi connectivity index (χ2n) is 2.24. The maximum atomic E-state index is 11.8. The van der Waals surface area contributed by atoms with Gasteiger partial charge in [-0.3, -0.25) is 9.89 Å². The number of Topliss-reactive ketones (excluding diaryl/α,β-unsaturated/α-hetero) is 1. The van der Waals surface area contributed by atoms with Crippen LogP contribution in [0.3, 0.4) is 0 Å². The van der Waals surface area contributed by atoms with E-state index in [1.54, 1.807) is 0 Å². The van der Waals surface area contributed by atoms with Crippen molar-refractivity contribution in [3.05, 3.63) is 17.5 Å². The predicted octanol–water partition coefficient (Wildman–Crippen LogP) is 1.46. The van der Waals surface area contributed by atoms with Crippen molar-refractivity contribution >= 4 is 5.78 Å². The third-order valence-corrected chi connectivity index (χ3v) is 1.33. The van der Waals surface area contributed by atoms with Crippen molar-refractivity contribution in [1.82, 2.24) is 10.2 Å². The lowest BCUT2D eigenvalue weighted by Gasteiger charge is -2.02. The minimum absolute atomic E-state index is 0.123. The van der Waals surface area contributed by atoms with Crippen LogP contribution in [0.5, 0.6) is 0 Å². The van der Waals surface area contributed by atoms with Gasteiger partial charge in [0.25, 0.3) is 5.78 Å². The summed E-state index contributed by atoms with van der Waals surface area (Å²) in [6, 6.07) is 0. The first kappa shape index (κ1) is 8.76. The third kappa shape index (κ3) is 1.46. The highest BCUT2D eigenvalue weighted by Gasteiger charge is 2.40. The van der Waals surface area contributed by atoms with E-state index < -0.39 is 17.5 Å². The average Bonchev–Trinajstić information content (AvgIpc) is 2.31. The van der Waals surface area contributed by atoms with Gasteiger partial charge in [0.15, 0.2) is 0 Å². The summed E-state index contributed by atoms with van der Waals surface area (Å²) in [5, 5.41) is 5.56. The van der Waals surface area contributed by atoms with Crippen LogP contribution in [0, 0.1) is 6.92 Å². The molecule has 0 radical (unpaired) electrons. The van der Waals surface area contributed by atoms with Gasteiger partial charge in [0, 0.05) is 5.69 Å². The summed E-state index contributed by atoms with van der Waals surface area (Å²) in [6.45, 7) is 1.35. The fourth-order valence-corrected chi connectivity index (χ4v) is 0.732. The van der Waals surface area contributed by atoms with Crippen molar-refractivity contribution in [3.63, 3.8) is 0 Å². The zero-order valence-electron chi connectivity index (χ0n) is 6.07. The van der Waals surface area contributed by atoms with Crippen LogP contribution in [0.4, 0.5) is 13.2 Å². The maximum absolute atomic E-state index is 11.8. The molecule has 0 spiro atoms. The summed E-state index contributed by atoms with van der Waals surface area (Å²) < 4.78 is 35.4. The number of carbonyl (C=O) groups excluding carboxylic acids is 1. The van der Waals surface area contributed by atoms with Crippen LogP contribution in [-0.4, -0.2) is 22.2 Å². The van der Waals surface area contributed by atoms with Gasteiger partial charge in [0.05, 0.1) is 11.8 Å². The van der Waals surface area contributed by atoms with Crippen molar-refractivity contribution in [2.75, 3.05) is 0 Å². The van der Waals surface area contributed by atoms with E-state index in [2.05, 4.69) is 10.2 Å². The molecule has 0 unspecified atom stereocenters. The van der Waals surface area contributed by atoms with E-state index in [4.69, 9.17) is 0 Å². The first-order valence-electron chi connectivity index (χ1n) is 3.04. The van der Waals surface area contributed by atoms with Gasteiger partial charge >= 0.3 is 6.18 Å². The highest BCUT2D eigenvalue weighted by atomic mass is 19.4. The Morgan fingerprint density at radius 2 is 2.17 bits per heavy atom. The molecule has 0 aromatic carbocycles. The van der Waals surface area contributed by atoms with Crippen molar-refractivity contribution in [1.29, 1.82) is 0 Å². The summed E-state index contributed by atoms with van der Waals surface area (Å²) in [4.78, 5) is 10.6. The van der Waals surface area contributed by atoms with Crippen molar-refractivity contribution < 1.29 is 18.0 Å². The zero-order chi connectivity index (χ0) is 9.35.